The predicted octanol–water partition coefficient (Wildman–Crippen LogP) is 3.24. The molecular weight excluding hydrogens is 362 g/mol. The lowest BCUT2D eigenvalue weighted by Crippen LogP contribution is -2.10. The smallest absolute Gasteiger partial charge is 0.330 e. The van der Waals surface area contributed by atoms with E-state index in [1.165, 1.54) is 13.2 Å². The molecule has 0 fully saturated rings. The summed E-state index contributed by atoms with van der Waals surface area (Å²) in [7, 11) is 3.09. The molecule has 146 valence electrons. The van der Waals surface area contributed by atoms with Crippen LogP contribution in [0, 0.1) is 11.3 Å². The highest BCUT2D eigenvalue weighted by Crippen LogP contribution is 2.28. The second-order valence-corrected chi connectivity index (χ2v) is 5.38. The van der Waals surface area contributed by atoms with Crippen LogP contribution in [0.1, 0.15) is 5.56 Å². The van der Waals surface area contributed by atoms with Crippen LogP contribution in [0.5, 0.6) is 23.0 Å². The van der Waals surface area contributed by atoms with E-state index in [9.17, 15) is 4.79 Å². The number of methoxy groups -OCH3 is 2. The van der Waals surface area contributed by atoms with E-state index in [1.807, 2.05) is 6.07 Å². The van der Waals surface area contributed by atoms with E-state index in [0.717, 1.165) is 11.3 Å². The van der Waals surface area contributed by atoms with Crippen molar-refractivity contribution in [3.05, 3.63) is 54.1 Å². The maximum absolute atomic E-state index is 11.8. The van der Waals surface area contributed by atoms with Crippen molar-refractivity contribution in [3.63, 3.8) is 0 Å². The van der Waals surface area contributed by atoms with Crippen LogP contribution in [0.2, 0.25) is 0 Å². The van der Waals surface area contributed by atoms with Gasteiger partial charge in [-0.1, -0.05) is 6.07 Å². The average Bonchev–Trinajstić information content (AvgIpc) is 2.74. The zero-order chi connectivity index (χ0) is 20.2. The van der Waals surface area contributed by atoms with Crippen molar-refractivity contribution in [3.8, 4) is 29.1 Å². The van der Waals surface area contributed by atoms with Gasteiger partial charge in [-0.05, 0) is 48.0 Å². The zero-order valence-electron chi connectivity index (χ0n) is 15.7. The number of esters is 1. The van der Waals surface area contributed by atoms with E-state index in [4.69, 9.17) is 28.9 Å². The van der Waals surface area contributed by atoms with Gasteiger partial charge in [-0.15, -0.1) is 0 Å². The van der Waals surface area contributed by atoms with Crippen molar-refractivity contribution in [2.75, 3.05) is 34.0 Å². The van der Waals surface area contributed by atoms with E-state index in [2.05, 4.69) is 0 Å². The van der Waals surface area contributed by atoms with Gasteiger partial charge in [0.05, 0.1) is 14.2 Å². The van der Waals surface area contributed by atoms with E-state index in [-0.39, 0.29) is 19.8 Å². The first kappa shape index (κ1) is 20.6. The van der Waals surface area contributed by atoms with Crippen molar-refractivity contribution < 1.29 is 28.5 Å². The Morgan fingerprint density at radius 1 is 0.964 bits per heavy atom. The molecule has 7 heteroatoms. The van der Waals surface area contributed by atoms with Crippen molar-refractivity contribution >= 4 is 12.0 Å². The molecule has 0 unspecified atom stereocenters. The lowest BCUT2D eigenvalue weighted by Gasteiger charge is -2.09. The normalized spacial score (nSPS) is 10.2. The first-order valence-electron chi connectivity index (χ1n) is 8.45. The Morgan fingerprint density at radius 2 is 1.71 bits per heavy atom. The van der Waals surface area contributed by atoms with Gasteiger partial charge < -0.3 is 23.7 Å². The van der Waals surface area contributed by atoms with Crippen LogP contribution < -0.4 is 18.9 Å². The first-order chi connectivity index (χ1) is 13.7. The van der Waals surface area contributed by atoms with E-state index in [1.54, 1.807) is 55.7 Å². The third-order valence-corrected chi connectivity index (χ3v) is 3.55. The Morgan fingerprint density at radius 3 is 2.39 bits per heavy atom. The second-order valence-electron chi connectivity index (χ2n) is 5.38. The highest BCUT2D eigenvalue weighted by atomic mass is 16.6. The number of ether oxygens (including phenoxy) is 5. The molecule has 0 bridgehead atoms. The summed E-state index contributed by atoms with van der Waals surface area (Å²) in [5.74, 6) is 1.85. The van der Waals surface area contributed by atoms with Gasteiger partial charge in [0.2, 0.25) is 0 Å². The predicted molar refractivity (Wildman–Crippen MR) is 103 cm³/mol. The minimum atomic E-state index is -0.484. The van der Waals surface area contributed by atoms with Crippen molar-refractivity contribution in [2.45, 2.75) is 0 Å². The van der Waals surface area contributed by atoms with Gasteiger partial charge in [-0.25, -0.2) is 4.79 Å². The fourth-order valence-electron chi connectivity index (χ4n) is 2.20. The molecule has 28 heavy (non-hydrogen) atoms. The summed E-state index contributed by atoms with van der Waals surface area (Å²) in [6, 6.07) is 14.1. The summed E-state index contributed by atoms with van der Waals surface area (Å²) in [6.45, 7) is 0.292. The molecule has 0 aliphatic rings. The van der Waals surface area contributed by atoms with Crippen LogP contribution >= 0.6 is 0 Å². The molecule has 0 aliphatic carbocycles. The molecule has 0 aliphatic heterocycles. The van der Waals surface area contributed by atoms with E-state index in [0.29, 0.717) is 17.2 Å². The number of nitriles is 1. The fourth-order valence-corrected chi connectivity index (χ4v) is 2.20. The maximum atomic E-state index is 11.8. The third kappa shape index (κ3) is 6.57. The minimum absolute atomic E-state index is 0.0729. The summed E-state index contributed by atoms with van der Waals surface area (Å²) in [4.78, 5) is 11.8. The zero-order valence-corrected chi connectivity index (χ0v) is 15.7. The van der Waals surface area contributed by atoms with Gasteiger partial charge >= 0.3 is 5.97 Å². The van der Waals surface area contributed by atoms with E-state index < -0.39 is 5.97 Å². The molecule has 0 saturated carbocycles. The summed E-state index contributed by atoms with van der Waals surface area (Å²) in [5, 5.41) is 8.57. The van der Waals surface area contributed by atoms with Crippen LogP contribution in [0.4, 0.5) is 0 Å². The number of benzene rings is 2. The molecular formula is C21H21NO6. The van der Waals surface area contributed by atoms with Crippen LogP contribution in [0.25, 0.3) is 6.08 Å². The number of hydrogen-bond donors (Lipinski definition) is 0. The molecule has 0 heterocycles. The molecule has 0 radical (unpaired) electrons. The number of nitrogens with zero attached hydrogens (tertiary/aromatic N) is 1. The molecule has 2 aromatic carbocycles. The standard InChI is InChI=1S/C21H21NO6/c1-24-17-5-7-18(8-6-17)26-13-14-28-21(23)10-4-16-3-9-19(27-12-11-22)20(15-16)25-2/h3-10,15H,12-14H2,1-2H3/b10-4+. The summed E-state index contributed by atoms with van der Waals surface area (Å²) in [6.07, 6.45) is 2.92. The number of hydrogen-bond acceptors (Lipinski definition) is 7. The number of carbonyl (C=O) groups excluding carboxylic acids is 1. The molecule has 2 aromatic rings. The Balaban J connectivity index is 1.78. The average molecular weight is 383 g/mol. The van der Waals surface area contributed by atoms with Crippen LogP contribution in [0.15, 0.2) is 48.5 Å². The van der Waals surface area contributed by atoms with Gasteiger partial charge in [0.1, 0.15) is 30.8 Å². The maximum Gasteiger partial charge on any atom is 0.330 e. The van der Waals surface area contributed by atoms with Crippen molar-refractivity contribution in [1.82, 2.24) is 0 Å². The molecule has 0 amide bonds. The molecule has 7 nitrogen and oxygen atoms in total. The van der Waals surface area contributed by atoms with Crippen LogP contribution in [-0.4, -0.2) is 40.0 Å². The highest BCUT2D eigenvalue weighted by molar-refractivity contribution is 5.87. The van der Waals surface area contributed by atoms with Gasteiger partial charge in [0.25, 0.3) is 0 Å². The lowest BCUT2D eigenvalue weighted by molar-refractivity contribution is -0.138. The first-order valence-corrected chi connectivity index (χ1v) is 8.45. The third-order valence-electron chi connectivity index (χ3n) is 3.55. The molecule has 0 atom stereocenters. The molecule has 2 rings (SSSR count). The van der Waals surface area contributed by atoms with Gasteiger partial charge in [-0.3, -0.25) is 0 Å². The van der Waals surface area contributed by atoms with Gasteiger partial charge in [-0.2, -0.15) is 5.26 Å². The molecule has 0 spiro atoms. The molecule has 0 aromatic heterocycles. The fraction of sp³-hybridized carbons (Fsp3) is 0.238. The Kier molecular flexibility index (Phi) is 8.21. The molecule has 0 N–H and O–H groups in total. The van der Waals surface area contributed by atoms with Crippen molar-refractivity contribution in [1.29, 1.82) is 5.26 Å². The van der Waals surface area contributed by atoms with Gasteiger partial charge in [0, 0.05) is 6.08 Å². The number of rotatable bonds is 10. The second kappa shape index (κ2) is 11.1. The van der Waals surface area contributed by atoms with E-state index >= 15 is 0 Å². The van der Waals surface area contributed by atoms with Crippen molar-refractivity contribution in [2.24, 2.45) is 0 Å². The SMILES string of the molecule is COc1ccc(OCCOC(=O)/C=C/c2ccc(OCC#N)c(OC)c2)cc1. The highest BCUT2D eigenvalue weighted by Gasteiger charge is 2.05. The summed E-state index contributed by atoms with van der Waals surface area (Å²) >= 11 is 0. The quantitative estimate of drug-likeness (QED) is 0.354. The summed E-state index contributed by atoms with van der Waals surface area (Å²) in [5.41, 5.74) is 0.729. The minimum Gasteiger partial charge on any atom is -0.497 e. The Bertz CT molecular complexity index is 839. The molecule has 0 saturated heterocycles. The number of carbonyl (C=O) groups is 1. The van der Waals surface area contributed by atoms with Gasteiger partial charge in [0.15, 0.2) is 18.1 Å². The Labute approximate surface area is 163 Å². The summed E-state index contributed by atoms with van der Waals surface area (Å²) < 4.78 is 26.1. The monoisotopic (exact) mass is 383 g/mol. The van der Waals surface area contributed by atoms with Crippen LogP contribution in [0.3, 0.4) is 0 Å². The van der Waals surface area contributed by atoms with Crippen LogP contribution in [-0.2, 0) is 9.53 Å². The Hall–Kier alpha value is -3.66. The topological polar surface area (TPSA) is 87.0 Å². The largest absolute Gasteiger partial charge is 0.497 e. The lowest BCUT2D eigenvalue weighted by atomic mass is 10.2.